The molecule has 1 N–H and O–H groups in total. The third-order valence-corrected chi connectivity index (χ3v) is 3.43. The van der Waals surface area contributed by atoms with Crippen LogP contribution in [0.3, 0.4) is 0 Å². The van der Waals surface area contributed by atoms with Crippen LogP contribution in [0.2, 0.25) is 0 Å². The molecule has 1 amide bonds. The van der Waals surface area contributed by atoms with E-state index in [0.717, 1.165) is 11.3 Å². The van der Waals surface area contributed by atoms with Gasteiger partial charge in [0.2, 0.25) is 5.91 Å². The normalized spacial score (nSPS) is 10.1. The number of rotatable bonds is 8. The third-order valence-electron chi connectivity index (χ3n) is 3.43. The van der Waals surface area contributed by atoms with Gasteiger partial charge in [-0.2, -0.15) is 0 Å². The number of carbonyl (C=O) groups excluding carboxylic acids is 2. The lowest BCUT2D eigenvalue weighted by Crippen LogP contribution is -2.22. The van der Waals surface area contributed by atoms with Gasteiger partial charge >= 0.3 is 0 Å². The number of hydrogen-bond donors (Lipinski definition) is 1. The van der Waals surface area contributed by atoms with Crippen molar-refractivity contribution < 1.29 is 14.3 Å². The number of ether oxygens (including phenoxy) is 1. The molecular weight excluding hydrogens is 292 g/mol. The fraction of sp³-hybridized carbons (Fsp3) is 0.278. The minimum absolute atomic E-state index is 0.0349. The minimum atomic E-state index is -0.0589. The second-order valence-corrected chi connectivity index (χ2v) is 5.14. The Morgan fingerprint density at radius 3 is 2.57 bits per heavy atom. The van der Waals surface area contributed by atoms with Crippen molar-refractivity contribution in [3.8, 4) is 5.75 Å². The van der Waals surface area contributed by atoms with E-state index in [2.05, 4.69) is 10.3 Å². The minimum Gasteiger partial charge on any atom is -0.497 e. The van der Waals surface area contributed by atoms with E-state index < -0.39 is 0 Å². The highest BCUT2D eigenvalue weighted by molar-refractivity contribution is 5.96. The van der Waals surface area contributed by atoms with Crippen molar-refractivity contribution in [3.05, 3.63) is 59.9 Å². The number of hydrogen-bond acceptors (Lipinski definition) is 4. The van der Waals surface area contributed by atoms with Crippen LogP contribution in [-0.2, 0) is 11.3 Å². The summed E-state index contributed by atoms with van der Waals surface area (Å²) in [5, 5.41) is 2.82. The Labute approximate surface area is 135 Å². The quantitative estimate of drug-likeness (QED) is 0.761. The number of nitrogens with one attached hydrogen (secondary N) is 1. The van der Waals surface area contributed by atoms with Crippen LogP contribution < -0.4 is 10.1 Å². The summed E-state index contributed by atoms with van der Waals surface area (Å²) in [6, 6.07) is 10.7. The number of Topliss-reactive ketones (excluding diaryl/α,β-unsaturated/α-hetero) is 1. The fourth-order valence-electron chi connectivity index (χ4n) is 2.12. The molecule has 5 nitrogen and oxygen atoms in total. The molecule has 0 aliphatic carbocycles. The molecule has 0 unspecified atom stereocenters. The Morgan fingerprint density at radius 2 is 1.91 bits per heavy atom. The van der Waals surface area contributed by atoms with E-state index in [4.69, 9.17) is 4.74 Å². The standard InChI is InChI=1S/C18H20N2O3/c1-23-16-9-7-15(8-10-16)17(21)5-2-6-18(22)20-13-14-4-3-11-19-12-14/h3-4,7-12H,2,5-6,13H2,1H3,(H,20,22). The number of methoxy groups -OCH3 is 1. The third kappa shape index (κ3) is 5.54. The molecule has 2 aromatic rings. The molecule has 0 bridgehead atoms. The van der Waals surface area contributed by atoms with Gasteiger partial charge in [-0.15, -0.1) is 0 Å². The Hall–Kier alpha value is -2.69. The molecule has 0 radical (unpaired) electrons. The van der Waals surface area contributed by atoms with Crippen LogP contribution in [0, 0.1) is 0 Å². The second kappa shape index (κ2) is 8.68. The van der Waals surface area contributed by atoms with Crippen LogP contribution in [-0.4, -0.2) is 23.8 Å². The molecule has 0 aliphatic heterocycles. The number of benzene rings is 1. The van der Waals surface area contributed by atoms with Crippen LogP contribution in [0.4, 0.5) is 0 Å². The van der Waals surface area contributed by atoms with Gasteiger partial charge in [-0.1, -0.05) is 6.07 Å². The summed E-state index contributed by atoms with van der Waals surface area (Å²) in [6.45, 7) is 0.457. The number of aromatic nitrogens is 1. The molecule has 1 aromatic heterocycles. The van der Waals surface area contributed by atoms with E-state index in [1.807, 2.05) is 12.1 Å². The molecule has 0 fully saturated rings. The molecule has 0 aliphatic rings. The monoisotopic (exact) mass is 312 g/mol. The average Bonchev–Trinajstić information content (AvgIpc) is 2.61. The van der Waals surface area contributed by atoms with E-state index >= 15 is 0 Å². The summed E-state index contributed by atoms with van der Waals surface area (Å²) in [5.41, 5.74) is 1.59. The highest BCUT2D eigenvalue weighted by Gasteiger charge is 2.08. The van der Waals surface area contributed by atoms with Crippen molar-refractivity contribution in [1.82, 2.24) is 10.3 Å². The van der Waals surface area contributed by atoms with Gasteiger partial charge in [0.25, 0.3) is 0 Å². The molecule has 5 heteroatoms. The predicted molar refractivity (Wildman–Crippen MR) is 87.3 cm³/mol. The number of nitrogens with zero attached hydrogens (tertiary/aromatic N) is 1. The Bertz CT molecular complexity index is 639. The molecule has 0 saturated carbocycles. The highest BCUT2D eigenvalue weighted by Crippen LogP contribution is 2.13. The largest absolute Gasteiger partial charge is 0.497 e. The maximum absolute atomic E-state index is 12.0. The molecule has 0 spiro atoms. The molecule has 1 heterocycles. The maximum atomic E-state index is 12.0. The molecule has 23 heavy (non-hydrogen) atoms. The smallest absolute Gasteiger partial charge is 0.220 e. The molecule has 0 saturated heterocycles. The van der Waals surface area contributed by atoms with Gasteiger partial charge in [0, 0.05) is 37.3 Å². The van der Waals surface area contributed by atoms with Crippen LogP contribution in [0.5, 0.6) is 5.75 Å². The number of amides is 1. The van der Waals surface area contributed by atoms with E-state index in [0.29, 0.717) is 31.4 Å². The Kier molecular flexibility index (Phi) is 6.29. The number of ketones is 1. The van der Waals surface area contributed by atoms with Gasteiger partial charge in [0.05, 0.1) is 7.11 Å². The first-order valence-electron chi connectivity index (χ1n) is 7.52. The first-order chi connectivity index (χ1) is 11.2. The van der Waals surface area contributed by atoms with Gasteiger partial charge in [0.15, 0.2) is 5.78 Å². The number of carbonyl (C=O) groups is 2. The van der Waals surface area contributed by atoms with E-state index in [-0.39, 0.29) is 11.7 Å². The zero-order valence-corrected chi connectivity index (χ0v) is 13.1. The topological polar surface area (TPSA) is 68.3 Å². The lowest BCUT2D eigenvalue weighted by Gasteiger charge is -2.05. The van der Waals surface area contributed by atoms with E-state index in [1.54, 1.807) is 43.8 Å². The zero-order valence-electron chi connectivity index (χ0n) is 13.1. The van der Waals surface area contributed by atoms with Gasteiger partial charge in [-0.05, 0) is 42.3 Å². The van der Waals surface area contributed by atoms with Gasteiger partial charge in [0.1, 0.15) is 5.75 Å². The summed E-state index contributed by atoms with van der Waals surface area (Å²) < 4.78 is 5.06. The molecule has 120 valence electrons. The van der Waals surface area contributed by atoms with Crippen LogP contribution in [0.1, 0.15) is 35.2 Å². The number of pyridine rings is 1. The zero-order chi connectivity index (χ0) is 16.5. The summed E-state index contributed by atoms with van der Waals surface area (Å²) in [6.07, 6.45) is 4.63. The fourth-order valence-corrected chi connectivity index (χ4v) is 2.12. The summed E-state index contributed by atoms with van der Waals surface area (Å²) in [4.78, 5) is 27.8. The van der Waals surface area contributed by atoms with Crippen molar-refractivity contribution >= 4 is 11.7 Å². The summed E-state index contributed by atoms with van der Waals surface area (Å²) >= 11 is 0. The van der Waals surface area contributed by atoms with Crippen LogP contribution in [0.15, 0.2) is 48.8 Å². The summed E-state index contributed by atoms with van der Waals surface area (Å²) in [7, 11) is 1.58. The summed E-state index contributed by atoms with van der Waals surface area (Å²) in [5.74, 6) is 0.695. The molecule has 2 rings (SSSR count). The van der Waals surface area contributed by atoms with Crippen LogP contribution >= 0.6 is 0 Å². The second-order valence-electron chi connectivity index (χ2n) is 5.14. The Balaban J connectivity index is 1.69. The van der Waals surface area contributed by atoms with Crippen molar-refractivity contribution in [2.75, 3.05) is 7.11 Å². The van der Waals surface area contributed by atoms with Gasteiger partial charge in [-0.25, -0.2) is 0 Å². The molecule has 1 aromatic carbocycles. The maximum Gasteiger partial charge on any atom is 0.220 e. The molecular formula is C18H20N2O3. The van der Waals surface area contributed by atoms with Crippen LogP contribution in [0.25, 0.3) is 0 Å². The highest BCUT2D eigenvalue weighted by atomic mass is 16.5. The first kappa shape index (κ1) is 16.7. The lowest BCUT2D eigenvalue weighted by molar-refractivity contribution is -0.121. The van der Waals surface area contributed by atoms with Crippen molar-refractivity contribution in [2.45, 2.75) is 25.8 Å². The molecule has 0 atom stereocenters. The lowest BCUT2D eigenvalue weighted by atomic mass is 10.1. The van der Waals surface area contributed by atoms with Crippen molar-refractivity contribution in [1.29, 1.82) is 0 Å². The average molecular weight is 312 g/mol. The Morgan fingerprint density at radius 1 is 1.13 bits per heavy atom. The van der Waals surface area contributed by atoms with Crippen molar-refractivity contribution in [3.63, 3.8) is 0 Å². The van der Waals surface area contributed by atoms with Crippen molar-refractivity contribution in [2.24, 2.45) is 0 Å². The van der Waals surface area contributed by atoms with Gasteiger partial charge in [-0.3, -0.25) is 14.6 Å². The predicted octanol–water partition coefficient (Wildman–Crippen LogP) is 2.76. The first-order valence-corrected chi connectivity index (χ1v) is 7.52. The van der Waals surface area contributed by atoms with E-state index in [9.17, 15) is 9.59 Å². The SMILES string of the molecule is COc1ccc(C(=O)CCCC(=O)NCc2cccnc2)cc1. The van der Waals surface area contributed by atoms with E-state index in [1.165, 1.54) is 0 Å². The van der Waals surface area contributed by atoms with Gasteiger partial charge < -0.3 is 10.1 Å².